The van der Waals surface area contributed by atoms with Crippen molar-refractivity contribution in [3.63, 3.8) is 0 Å². The van der Waals surface area contributed by atoms with Crippen LogP contribution in [0.1, 0.15) is 64.9 Å². The molecule has 0 bridgehead atoms. The molecule has 0 aliphatic heterocycles. The minimum Gasteiger partial charge on any atom is -0.347 e. The van der Waals surface area contributed by atoms with Crippen molar-refractivity contribution < 1.29 is 4.92 Å². The summed E-state index contributed by atoms with van der Waals surface area (Å²) in [5.41, 5.74) is 4.64. The maximum absolute atomic E-state index is 11.2. The standard InChI is InChI=1S/C27H37N3O2/c1-4-7-8-9-10-11-17-29-21-24(20-28(5-2)6-3)26-19-23(15-16-27(26)29)22-13-12-14-25(18-22)30(31)32/h12-16,18-19,21H,4-11,17,20H2,1-3H3. The van der Waals surface area contributed by atoms with Gasteiger partial charge in [-0.25, -0.2) is 0 Å². The second-order valence-electron chi connectivity index (χ2n) is 8.62. The molecular weight excluding hydrogens is 398 g/mol. The van der Waals surface area contributed by atoms with E-state index in [1.54, 1.807) is 18.2 Å². The van der Waals surface area contributed by atoms with E-state index in [1.807, 2.05) is 6.07 Å². The number of hydrogen-bond acceptors (Lipinski definition) is 3. The van der Waals surface area contributed by atoms with Crippen molar-refractivity contribution in [2.45, 2.75) is 72.4 Å². The summed E-state index contributed by atoms with van der Waals surface area (Å²) < 4.78 is 2.41. The predicted octanol–water partition coefficient (Wildman–Crippen LogP) is 7.42. The number of benzene rings is 2. The fourth-order valence-electron chi connectivity index (χ4n) is 4.41. The number of fused-ring (bicyclic) bond motifs is 1. The summed E-state index contributed by atoms with van der Waals surface area (Å²) in [6, 6.07) is 13.4. The van der Waals surface area contributed by atoms with Gasteiger partial charge in [0.2, 0.25) is 0 Å². The molecule has 0 amide bonds. The second kappa shape index (κ2) is 11.8. The molecule has 0 saturated carbocycles. The summed E-state index contributed by atoms with van der Waals surface area (Å²) in [5.74, 6) is 0. The highest BCUT2D eigenvalue weighted by molar-refractivity contribution is 5.89. The number of nitro groups is 1. The Labute approximate surface area is 192 Å². The molecule has 32 heavy (non-hydrogen) atoms. The zero-order chi connectivity index (χ0) is 22.9. The molecule has 2 aromatic carbocycles. The third kappa shape index (κ3) is 5.98. The average molecular weight is 436 g/mol. The van der Waals surface area contributed by atoms with Crippen molar-refractivity contribution in [2.75, 3.05) is 13.1 Å². The molecule has 1 heterocycles. The molecule has 0 aliphatic rings. The molecular formula is C27H37N3O2. The monoisotopic (exact) mass is 435 g/mol. The third-order valence-electron chi connectivity index (χ3n) is 6.39. The predicted molar refractivity (Wildman–Crippen MR) is 134 cm³/mol. The Bertz CT molecular complexity index is 1020. The van der Waals surface area contributed by atoms with Crippen LogP contribution in [-0.4, -0.2) is 27.5 Å². The summed E-state index contributed by atoms with van der Waals surface area (Å²) in [6.07, 6.45) is 10.1. The van der Waals surface area contributed by atoms with E-state index in [4.69, 9.17) is 0 Å². The molecule has 1 aromatic heterocycles. The molecule has 5 heteroatoms. The van der Waals surface area contributed by atoms with Crippen LogP contribution in [0.5, 0.6) is 0 Å². The Morgan fingerprint density at radius 2 is 1.62 bits per heavy atom. The first kappa shape index (κ1) is 24.0. The Kier molecular flexibility index (Phi) is 8.86. The second-order valence-corrected chi connectivity index (χ2v) is 8.62. The van der Waals surface area contributed by atoms with Crippen LogP contribution in [0.2, 0.25) is 0 Å². The fraction of sp³-hybridized carbons (Fsp3) is 0.481. The SMILES string of the molecule is CCCCCCCCn1cc(CN(CC)CC)c2cc(-c3cccc([N+](=O)[O-])c3)ccc21. The number of nitrogens with zero attached hydrogens (tertiary/aromatic N) is 3. The smallest absolute Gasteiger partial charge is 0.270 e. The van der Waals surface area contributed by atoms with E-state index in [0.29, 0.717) is 0 Å². The van der Waals surface area contributed by atoms with Crippen LogP contribution in [0.4, 0.5) is 5.69 Å². The van der Waals surface area contributed by atoms with Gasteiger partial charge in [-0.05, 0) is 48.3 Å². The summed E-state index contributed by atoms with van der Waals surface area (Å²) in [6.45, 7) is 10.7. The number of unbranched alkanes of at least 4 members (excludes halogenated alkanes) is 5. The molecule has 3 rings (SSSR count). The Balaban J connectivity index is 1.90. The summed E-state index contributed by atoms with van der Waals surface area (Å²) in [5, 5.41) is 12.5. The highest BCUT2D eigenvalue weighted by atomic mass is 16.6. The first-order chi connectivity index (χ1) is 15.6. The van der Waals surface area contributed by atoms with Crippen LogP contribution in [-0.2, 0) is 13.1 Å². The molecule has 0 unspecified atom stereocenters. The molecule has 3 aromatic rings. The zero-order valence-electron chi connectivity index (χ0n) is 19.8. The zero-order valence-corrected chi connectivity index (χ0v) is 19.8. The topological polar surface area (TPSA) is 51.3 Å². The quantitative estimate of drug-likeness (QED) is 0.159. The first-order valence-electron chi connectivity index (χ1n) is 12.2. The van der Waals surface area contributed by atoms with E-state index in [2.05, 4.69) is 54.6 Å². The Morgan fingerprint density at radius 3 is 2.34 bits per heavy atom. The van der Waals surface area contributed by atoms with Gasteiger partial charge in [0, 0.05) is 42.3 Å². The third-order valence-corrected chi connectivity index (χ3v) is 6.39. The summed E-state index contributed by atoms with van der Waals surface area (Å²) in [4.78, 5) is 13.3. The van der Waals surface area contributed by atoms with Crippen molar-refractivity contribution in [2.24, 2.45) is 0 Å². The van der Waals surface area contributed by atoms with Gasteiger partial charge in [-0.15, -0.1) is 0 Å². The van der Waals surface area contributed by atoms with E-state index in [9.17, 15) is 10.1 Å². The molecule has 0 fully saturated rings. The number of rotatable bonds is 13. The number of aromatic nitrogens is 1. The lowest BCUT2D eigenvalue weighted by atomic mass is 10.0. The molecule has 0 saturated heterocycles. The van der Waals surface area contributed by atoms with E-state index in [-0.39, 0.29) is 10.6 Å². The van der Waals surface area contributed by atoms with Crippen molar-refractivity contribution in [1.82, 2.24) is 9.47 Å². The lowest BCUT2D eigenvalue weighted by Crippen LogP contribution is -2.21. The van der Waals surface area contributed by atoms with E-state index < -0.39 is 0 Å². The molecule has 5 nitrogen and oxygen atoms in total. The molecule has 172 valence electrons. The van der Waals surface area contributed by atoms with Gasteiger partial charge < -0.3 is 4.57 Å². The highest BCUT2D eigenvalue weighted by Gasteiger charge is 2.14. The van der Waals surface area contributed by atoms with Gasteiger partial charge in [-0.1, -0.05) is 71.1 Å². The highest BCUT2D eigenvalue weighted by Crippen LogP contribution is 2.31. The fourth-order valence-corrected chi connectivity index (χ4v) is 4.41. The van der Waals surface area contributed by atoms with Crippen LogP contribution < -0.4 is 0 Å². The van der Waals surface area contributed by atoms with E-state index in [0.717, 1.165) is 37.3 Å². The minimum atomic E-state index is -0.329. The Morgan fingerprint density at radius 1 is 0.906 bits per heavy atom. The first-order valence-corrected chi connectivity index (χ1v) is 12.2. The van der Waals surface area contributed by atoms with E-state index in [1.165, 1.54) is 55.0 Å². The average Bonchev–Trinajstić information content (AvgIpc) is 3.16. The number of hydrogen-bond donors (Lipinski definition) is 0. The lowest BCUT2D eigenvalue weighted by Gasteiger charge is -2.17. The summed E-state index contributed by atoms with van der Waals surface area (Å²) in [7, 11) is 0. The van der Waals surface area contributed by atoms with Gasteiger partial charge in [-0.3, -0.25) is 15.0 Å². The lowest BCUT2D eigenvalue weighted by molar-refractivity contribution is -0.384. The largest absolute Gasteiger partial charge is 0.347 e. The van der Waals surface area contributed by atoms with Crippen LogP contribution in [0.3, 0.4) is 0 Å². The maximum Gasteiger partial charge on any atom is 0.270 e. The van der Waals surface area contributed by atoms with Crippen molar-refractivity contribution in [3.8, 4) is 11.1 Å². The van der Waals surface area contributed by atoms with Gasteiger partial charge in [0.15, 0.2) is 0 Å². The Hall–Kier alpha value is -2.66. The van der Waals surface area contributed by atoms with Gasteiger partial charge >= 0.3 is 0 Å². The van der Waals surface area contributed by atoms with Crippen molar-refractivity contribution >= 4 is 16.6 Å². The normalized spacial score (nSPS) is 11.5. The van der Waals surface area contributed by atoms with Crippen molar-refractivity contribution in [1.29, 1.82) is 0 Å². The number of aryl methyl sites for hydroxylation is 1. The maximum atomic E-state index is 11.2. The van der Waals surface area contributed by atoms with Gasteiger partial charge in [0.05, 0.1) is 4.92 Å². The van der Waals surface area contributed by atoms with Gasteiger partial charge in [0.25, 0.3) is 5.69 Å². The van der Waals surface area contributed by atoms with Crippen LogP contribution in [0.15, 0.2) is 48.7 Å². The molecule has 0 radical (unpaired) electrons. The van der Waals surface area contributed by atoms with Crippen LogP contribution in [0, 0.1) is 10.1 Å². The molecule has 0 aliphatic carbocycles. The molecule has 0 spiro atoms. The number of non-ortho nitro benzene ring substituents is 1. The van der Waals surface area contributed by atoms with E-state index >= 15 is 0 Å². The molecule has 0 N–H and O–H groups in total. The number of nitro benzene ring substituents is 1. The molecule has 0 atom stereocenters. The van der Waals surface area contributed by atoms with Gasteiger partial charge in [0.1, 0.15) is 0 Å². The summed E-state index contributed by atoms with van der Waals surface area (Å²) >= 11 is 0. The van der Waals surface area contributed by atoms with Crippen LogP contribution in [0.25, 0.3) is 22.0 Å². The van der Waals surface area contributed by atoms with Gasteiger partial charge in [-0.2, -0.15) is 0 Å². The minimum absolute atomic E-state index is 0.131. The van der Waals surface area contributed by atoms with Crippen molar-refractivity contribution in [3.05, 3.63) is 64.3 Å². The van der Waals surface area contributed by atoms with Crippen LogP contribution >= 0.6 is 0 Å².